The van der Waals surface area contributed by atoms with E-state index in [2.05, 4.69) is 0 Å². The van der Waals surface area contributed by atoms with Crippen molar-refractivity contribution >= 4 is 28.1 Å². The molecular formula is C15H8O8. The lowest BCUT2D eigenvalue weighted by Crippen LogP contribution is -2.18. The van der Waals surface area contributed by atoms with E-state index in [9.17, 15) is 34.8 Å². The predicted octanol–water partition coefficient (Wildman–Crippen LogP) is 0.887. The number of hydrogen-bond acceptors (Lipinski definition) is 8. The standard InChI is InChI=1S/C15H8O8/c16-5-3-8(18)10-9(4-5)23-15(14(22)13(10)21)6-1-2-7(17)12(20)11(6)19/h1-4,16,18-19,22H. The Bertz CT molecular complexity index is 1010. The Morgan fingerprint density at radius 3 is 2.30 bits per heavy atom. The van der Waals surface area contributed by atoms with Crippen LogP contribution in [-0.4, -0.2) is 32.0 Å². The summed E-state index contributed by atoms with van der Waals surface area (Å²) >= 11 is 0. The van der Waals surface area contributed by atoms with Gasteiger partial charge in [0.05, 0.1) is 5.57 Å². The number of carbonyl (C=O) groups is 2. The van der Waals surface area contributed by atoms with Crippen molar-refractivity contribution in [2.75, 3.05) is 0 Å². The van der Waals surface area contributed by atoms with Gasteiger partial charge in [0.2, 0.25) is 17.0 Å². The fourth-order valence-electron chi connectivity index (χ4n) is 2.19. The minimum atomic E-state index is -1.22. The summed E-state index contributed by atoms with van der Waals surface area (Å²) in [6.45, 7) is 0. The third-order valence-electron chi connectivity index (χ3n) is 3.28. The van der Waals surface area contributed by atoms with Gasteiger partial charge in [-0.05, 0) is 12.2 Å². The Morgan fingerprint density at radius 2 is 1.61 bits per heavy atom. The van der Waals surface area contributed by atoms with E-state index in [0.29, 0.717) is 0 Å². The molecule has 0 fully saturated rings. The van der Waals surface area contributed by atoms with Crippen LogP contribution < -0.4 is 5.43 Å². The van der Waals surface area contributed by atoms with Crippen LogP contribution in [-0.2, 0) is 9.59 Å². The Labute approximate surface area is 126 Å². The lowest BCUT2D eigenvalue weighted by Gasteiger charge is -2.11. The number of fused-ring (bicyclic) bond motifs is 1. The molecule has 23 heavy (non-hydrogen) atoms. The molecule has 1 aromatic carbocycles. The molecule has 0 amide bonds. The Balaban J connectivity index is 2.39. The van der Waals surface area contributed by atoms with E-state index in [4.69, 9.17) is 4.42 Å². The molecule has 0 unspecified atom stereocenters. The number of benzene rings is 1. The second-order valence-corrected chi connectivity index (χ2v) is 4.74. The molecule has 4 N–H and O–H groups in total. The van der Waals surface area contributed by atoms with E-state index in [1.807, 2.05) is 0 Å². The van der Waals surface area contributed by atoms with Crippen LogP contribution in [0.25, 0.3) is 16.5 Å². The van der Waals surface area contributed by atoms with Gasteiger partial charge < -0.3 is 24.8 Å². The molecule has 1 aliphatic carbocycles. The zero-order valence-corrected chi connectivity index (χ0v) is 11.2. The third-order valence-corrected chi connectivity index (χ3v) is 3.28. The van der Waals surface area contributed by atoms with Crippen molar-refractivity contribution in [2.45, 2.75) is 0 Å². The lowest BCUT2D eigenvalue weighted by atomic mass is 9.99. The summed E-state index contributed by atoms with van der Waals surface area (Å²) in [7, 11) is 0. The first-order chi connectivity index (χ1) is 10.8. The van der Waals surface area contributed by atoms with E-state index < -0.39 is 45.8 Å². The number of aliphatic hydroxyl groups is 1. The van der Waals surface area contributed by atoms with Gasteiger partial charge in [-0.25, -0.2) is 0 Å². The maximum Gasteiger partial charge on any atom is 0.267 e. The fraction of sp³-hybridized carbons (Fsp3) is 0. The normalized spacial score (nSPS) is 14.8. The molecule has 0 bridgehead atoms. The summed E-state index contributed by atoms with van der Waals surface area (Å²) in [6.07, 6.45) is 1.85. The zero-order valence-electron chi connectivity index (χ0n) is 11.2. The van der Waals surface area contributed by atoms with Crippen molar-refractivity contribution in [1.82, 2.24) is 0 Å². The fourth-order valence-corrected chi connectivity index (χ4v) is 2.19. The average molecular weight is 316 g/mol. The van der Waals surface area contributed by atoms with Gasteiger partial charge in [0.25, 0.3) is 5.78 Å². The molecule has 0 spiro atoms. The molecule has 1 heterocycles. The molecule has 0 atom stereocenters. The van der Waals surface area contributed by atoms with E-state index in [-0.39, 0.29) is 16.5 Å². The van der Waals surface area contributed by atoms with E-state index in [1.165, 1.54) is 0 Å². The minimum Gasteiger partial charge on any atom is -0.508 e. The van der Waals surface area contributed by atoms with Gasteiger partial charge in [0, 0.05) is 12.1 Å². The van der Waals surface area contributed by atoms with Crippen molar-refractivity contribution in [3.8, 4) is 17.2 Å². The Morgan fingerprint density at radius 1 is 0.913 bits per heavy atom. The van der Waals surface area contributed by atoms with Crippen LogP contribution in [0.4, 0.5) is 0 Å². The van der Waals surface area contributed by atoms with Crippen LogP contribution in [0.1, 0.15) is 5.76 Å². The van der Waals surface area contributed by atoms with Crippen molar-refractivity contribution < 1.29 is 34.4 Å². The number of hydrogen-bond donors (Lipinski definition) is 4. The molecule has 1 aliphatic rings. The zero-order chi connectivity index (χ0) is 16.9. The van der Waals surface area contributed by atoms with Crippen LogP contribution in [0, 0.1) is 0 Å². The number of aromatic hydroxyl groups is 3. The van der Waals surface area contributed by atoms with Gasteiger partial charge in [-0.3, -0.25) is 14.4 Å². The Hall–Kier alpha value is -3.55. The summed E-state index contributed by atoms with van der Waals surface area (Å²) in [5.74, 6) is -5.72. The average Bonchev–Trinajstić information content (AvgIpc) is 2.48. The van der Waals surface area contributed by atoms with E-state index >= 15 is 0 Å². The van der Waals surface area contributed by atoms with Gasteiger partial charge in [-0.2, -0.15) is 0 Å². The van der Waals surface area contributed by atoms with E-state index in [0.717, 1.165) is 24.3 Å². The minimum absolute atomic E-state index is 0.279. The second-order valence-electron chi connectivity index (χ2n) is 4.74. The highest BCUT2D eigenvalue weighted by Crippen LogP contribution is 2.35. The van der Waals surface area contributed by atoms with Crippen molar-refractivity contribution in [2.24, 2.45) is 0 Å². The maximum absolute atomic E-state index is 12.1. The summed E-state index contributed by atoms with van der Waals surface area (Å²) in [5.41, 5.74) is -1.68. The van der Waals surface area contributed by atoms with Crippen LogP contribution >= 0.6 is 0 Å². The highest BCUT2D eigenvalue weighted by atomic mass is 16.4. The molecule has 0 radical (unpaired) electrons. The number of aliphatic hydroxyl groups excluding tert-OH is 1. The summed E-state index contributed by atoms with van der Waals surface area (Å²) < 4.78 is 5.23. The molecule has 0 aliphatic heterocycles. The number of carbonyl (C=O) groups excluding carboxylic acids is 2. The Kier molecular flexibility index (Phi) is 2.96. The highest BCUT2D eigenvalue weighted by Gasteiger charge is 2.28. The van der Waals surface area contributed by atoms with Crippen molar-refractivity contribution in [3.05, 3.63) is 46.0 Å². The van der Waals surface area contributed by atoms with Crippen molar-refractivity contribution in [1.29, 1.82) is 0 Å². The molecule has 8 heteroatoms. The van der Waals surface area contributed by atoms with Gasteiger partial charge in [-0.1, -0.05) is 0 Å². The number of ketones is 2. The molecule has 116 valence electrons. The van der Waals surface area contributed by atoms with Crippen LogP contribution in [0.15, 0.2) is 39.3 Å². The SMILES string of the molecule is O=C1C=CC(c2oc3cc(O)cc(O)c3c(=O)c2O)=C(O)C1=O. The van der Waals surface area contributed by atoms with Crippen LogP contribution in [0.2, 0.25) is 0 Å². The monoisotopic (exact) mass is 316 g/mol. The van der Waals surface area contributed by atoms with Gasteiger partial charge in [0.15, 0.2) is 11.5 Å². The number of phenolic OH excluding ortho intramolecular Hbond substituents is 2. The molecule has 8 nitrogen and oxygen atoms in total. The number of allylic oxidation sites excluding steroid dienone is 4. The van der Waals surface area contributed by atoms with Gasteiger partial charge in [-0.15, -0.1) is 0 Å². The van der Waals surface area contributed by atoms with Crippen molar-refractivity contribution in [3.63, 3.8) is 0 Å². The van der Waals surface area contributed by atoms with Gasteiger partial charge in [0.1, 0.15) is 22.5 Å². The van der Waals surface area contributed by atoms with Gasteiger partial charge >= 0.3 is 0 Å². The third kappa shape index (κ3) is 2.04. The second kappa shape index (κ2) is 4.73. The lowest BCUT2D eigenvalue weighted by molar-refractivity contribution is -0.133. The predicted molar refractivity (Wildman–Crippen MR) is 76.2 cm³/mol. The molecule has 3 rings (SSSR count). The first-order valence-electron chi connectivity index (χ1n) is 6.23. The largest absolute Gasteiger partial charge is 0.508 e. The number of Topliss-reactive ketones (excluding diaryl/α,β-unsaturated/α-hetero) is 1. The summed E-state index contributed by atoms with van der Waals surface area (Å²) in [6, 6.07) is 1.90. The summed E-state index contributed by atoms with van der Waals surface area (Å²) in [5, 5.41) is 38.4. The molecule has 0 saturated carbocycles. The first-order valence-corrected chi connectivity index (χ1v) is 6.23. The summed E-state index contributed by atoms with van der Waals surface area (Å²) in [4.78, 5) is 34.8. The molecule has 2 aromatic rings. The topological polar surface area (TPSA) is 145 Å². The number of phenols is 2. The van der Waals surface area contributed by atoms with Crippen LogP contribution in [0.3, 0.4) is 0 Å². The van der Waals surface area contributed by atoms with E-state index in [1.54, 1.807) is 0 Å². The maximum atomic E-state index is 12.1. The first kappa shape index (κ1) is 14.4. The number of rotatable bonds is 1. The molecule has 1 aromatic heterocycles. The quantitative estimate of drug-likeness (QED) is 0.448. The molecular weight excluding hydrogens is 308 g/mol. The smallest absolute Gasteiger partial charge is 0.267 e. The van der Waals surface area contributed by atoms with Crippen LogP contribution in [0.5, 0.6) is 17.2 Å². The highest BCUT2D eigenvalue weighted by molar-refractivity contribution is 6.49. The molecule has 0 saturated heterocycles.